The van der Waals surface area contributed by atoms with Crippen LogP contribution >= 0.6 is 0 Å². The molecule has 138 valence electrons. The molecule has 1 aromatic heterocycles. The van der Waals surface area contributed by atoms with Crippen LogP contribution in [0.4, 0.5) is 0 Å². The van der Waals surface area contributed by atoms with Crippen LogP contribution in [0.3, 0.4) is 0 Å². The van der Waals surface area contributed by atoms with Gasteiger partial charge >= 0.3 is 5.97 Å². The lowest BCUT2D eigenvalue weighted by Crippen LogP contribution is -2.45. The summed E-state index contributed by atoms with van der Waals surface area (Å²) < 4.78 is 7.02. The fraction of sp³-hybridized carbons (Fsp3) is 0.429. The van der Waals surface area contributed by atoms with Crippen molar-refractivity contribution in [1.29, 1.82) is 0 Å². The van der Waals surface area contributed by atoms with Crippen molar-refractivity contribution >= 4 is 11.9 Å². The standard InChI is InChI=1S/C21H26N2O3/c1-3-26-20(24)15-17-11-7-8-14-23(17)21(25)19-13-12-18(22(19)2)16-9-5-4-6-10-16/h4-6,9-10,12-13,17H,3,7-8,11,14-15H2,1-2H3/t17-/m0/s1. The Hall–Kier alpha value is -2.56. The van der Waals surface area contributed by atoms with Crippen molar-refractivity contribution in [3.63, 3.8) is 0 Å². The molecule has 26 heavy (non-hydrogen) atoms. The van der Waals surface area contributed by atoms with Gasteiger partial charge in [0.15, 0.2) is 0 Å². The summed E-state index contributed by atoms with van der Waals surface area (Å²) in [4.78, 5) is 26.9. The number of carbonyl (C=O) groups is 2. The van der Waals surface area contributed by atoms with Gasteiger partial charge in [0.05, 0.1) is 13.0 Å². The van der Waals surface area contributed by atoms with Gasteiger partial charge in [-0.25, -0.2) is 0 Å². The molecule has 0 unspecified atom stereocenters. The largest absolute Gasteiger partial charge is 0.466 e. The zero-order chi connectivity index (χ0) is 18.5. The number of benzene rings is 1. The zero-order valence-electron chi connectivity index (χ0n) is 15.5. The summed E-state index contributed by atoms with van der Waals surface area (Å²) in [6.45, 7) is 2.86. The van der Waals surface area contributed by atoms with E-state index >= 15 is 0 Å². The SMILES string of the molecule is CCOC(=O)C[C@@H]1CCCCN1C(=O)c1ccc(-c2ccccc2)n1C. The first-order valence-corrected chi connectivity index (χ1v) is 9.29. The van der Waals surface area contributed by atoms with Gasteiger partial charge < -0.3 is 14.2 Å². The summed E-state index contributed by atoms with van der Waals surface area (Å²) in [6.07, 6.45) is 3.13. The fourth-order valence-corrected chi connectivity index (χ4v) is 3.66. The highest BCUT2D eigenvalue weighted by molar-refractivity contribution is 5.94. The highest BCUT2D eigenvalue weighted by Gasteiger charge is 2.31. The second-order valence-electron chi connectivity index (χ2n) is 6.69. The molecule has 0 N–H and O–H groups in total. The number of likely N-dealkylation sites (tertiary alicyclic amines) is 1. The predicted octanol–water partition coefficient (Wildman–Crippen LogP) is 3.64. The molecule has 1 amide bonds. The van der Waals surface area contributed by atoms with Gasteiger partial charge in [0.2, 0.25) is 0 Å². The smallest absolute Gasteiger partial charge is 0.307 e. The molecule has 1 saturated heterocycles. The van der Waals surface area contributed by atoms with Gasteiger partial charge in [-0.1, -0.05) is 30.3 Å². The lowest BCUT2D eigenvalue weighted by atomic mass is 9.99. The second kappa shape index (κ2) is 8.21. The molecule has 1 fully saturated rings. The maximum Gasteiger partial charge on any atom is 0.307 e. The Morgan fingerprint density at radius 1 is 1.12 bits per heavy atom. The molecule has 0 radical (unpaired) electrons. The van der Waals surface area contributed by atoms with Crippen LogP contribution in [0.5, 0.6) is 0 Å². The molecule has 1 aromatic carbocycles. The van der Waals surface area contributed by atoms with E-state index in [2.05, 4.69) is 0 Å². The number of nitrogens with zero attached hydrogens (tertiary/aromatic N) is 2. The van der Waals surface area contributed by atoms with Gasteiger partial charge in [-0.05, 0) is 43.9 Å². The number of rotatable bonds is 5. The molecular formula is C21H26N2O3. The average Bonchev–Trinajstić information content (AvgIpc) is 3.04. The molecule has 0 aliphatic carbocycles. The van der Waals surface area contributed by atoms with Crippen LogP contribution in [-0.4, -0.2) is 40.5 Å². The maximum absolute atomic E-state index is 13.2. The number of carbonyl (C=O) groups excluding carboxylic acids is 2. The van der Waals surface area contributed by atoms with Crippen LogP contribution in [0.1, 0.15) is 43.1 Å². The number of amides is 1. The predicted molar refractivity (Wildman–Crippen MR) is 101 cm³/mol. The van der Waals surface area contributed by atoms with Crippen molar-refractivity contribution in [3.8, 4) is 11.3 Å². The molecule has 5 nitrogen and oxygen atoms in total. The molecule has 0 spiro atoms. The Morgan fingerprint density at radius 2 is 1.88 bits per heavy atom. The van der Waals surface area contributed by atoms with E-state index in [0.717, 1.165) is 30.5 Å². The summed E-state index contributed by atoms with van der Waals surface area (Å²) in [7, 11) is 1.92. The van der Waals surface area contributed by atoms with Gasteiger partial charge in [-0.3, -0.25) is 9.59 Å². The van der Waals surface area contributed by atoms with Gasteiger partial charge in [-0.15, -0.1) is 0 Å². The molecular weight excluding hydrogens is 328 g/mol. The first-order valence-electron chi connectivity index (χ1n) is 9.29. The summed E-state index contributed by atoms with van der Waals surface area (Å²) in [6, 6.07) is 13.8. The summed E-state index contributed by atoms with van der Waals surface area (Å²) >= 11 is 0. The Morgan fingerprint density at radius 3 is 2.62 bits per heavy atom. The first kappa shape index (κ1) is 18.2. The van der Waals surface area contributed by atoms with E-state index in [1.54, 1.807) is 6.92 Å². The lowest BCUT2D eigenvalue weighted by molar-refractivity contribution is -0.144. The topological polar surface area (TPSA) is 51.5 Å². The number of aromatic nitrogens is 1. The normalized spacial score (nSPS) is 17.2. The van der Waals surface area contributed by atoms with Crippen molar-refractivity contribution in [2.45, 2.75) is 38.6 Å². The Balaban J connectivity index is 1.81. The lowest BCUT2D eigenvalue weighted by Gasteiger charge is -2.35. The monoisotopic (exact) mass is 354 g/mol. The van der Waals surface area contributed by atoms with Gasteiger partial charge in [-0.2, -0.15) is 0 Å². The molecule has 5 heteroatoms. The molecule has 2 heterocycles. The molecule has 3 rings (SSSR count). The number of piperidine rings is 1. The maximum atomic E-state index is 13.2. The third-order valence-electron chi connectivity index (χ3n) is 5.01. The van der Waals surface area contributed by atoms with Crippen LogP contribution in [-0.2, 0) is 16.6 Å². The molecule has 0 saturated carbocycles. The Bertz CT molecular complexity index is 767. The van der Waals surface area contributed by atoms with Crippen molar-refractivity contribution in [2.75, 3.05) is 13.2 Å². The summed E-state index contributed by atoms with van der Waals surface area (Å²) in [5.41, 5.74) is 2.74. The zero-order valence-corrected chi connectivity index (χ0v) is 15.5. The Labute approximate surface area is 154 Å². The third-order valence-corrected chi connectivity index (χ3v) is 5.01. The van der Waals surface area contributed by atoms with Crippen molar-refractivity contribution < 1.29 is 14.3 Å². The van der Waals surface area contributed by atoms with E-state index in [-0.39, 0.29) is 24.3 Å². The van der Waals surface area contributed by atoms with E-state index < -0.39 is 0 Å². The highest BCUT2D eigenvalue weighted by atomic mass is 16.5. The van der Waals surface area contributed by atoms with E-state index in [0.29, 0.717) is 18.8 Å². The van der Waals surface area contributed by atoms with E-state index in [9.17, 15) is 9.59 Å². The molecule has 1 aliphatic rings. The number of hydrogen-bond donors (Lipinski definition) is 0. The van der Waals surface area contributed by atoms with E-state index in [1.807, 2.05) is 59.0 Å². The van der Waals surface area contributed by atoms with E-state index in [1.165, 1.54) is 0 Å². The molecule has 0 bridgehead atoms. The third kappa shape index (κ3) is 3.82. The number of hydrogen-bond acceptors (Lipinski definition) is 3. The van der Waals surface area contributed by atoms with Crippen LogP contribution < -0.4 is 0 Å². The van der Waals surface area contributed by atoms with Gasteiger partial charge in [0.1, 0.15) is 5.69 Å². The van der Waals surface area contributed by atoms with Crippen molar-refractivity contribution in [1.82, 2.24) is 9.47 Å². The average molecular weight is 354 g/mol. The van der Waals surface area contributed by atoms with Crippen LogP contribution in [0.15, 0.2) is 42.5 Å². The first-order chi connectivity index (χ1) is 12.6. The van der Waals surface area contributed by atoms with Crippen molar-refractivity contribution in [3.05, 3.63) is 48.2 Å². The molecule has 1 aliphatic heterocycles. The quantitative estimate of drug-likeness (QED) is 0.770. The van der Waals surface area contributed by atoms with Gasteiger partial charge in [0.25, 0.3) is 5.91 Å². The summed E-state index contributed by atoms with van der Waals surface area (Å²) in [5.74, 6) is -0.238. The highest BCUT2D eigenvalue weighted by Crippen LogP contribution is 2.26. The molecule has 2 aromatic rings. The molecule has 1 atom stereocenters. The number of esters is 1. The van der Waals surface area contributed by atoms with Crippen LogP contribution in [0.25, 0.3) is 11.3 Å². The second-order valence-corrected chi connectivity index (χ2v) is 6.69. The Kier molecular flexibility index (Phi) is 5.76. The number of ether oxygens (including phenoxy) is 1. The minimum absolute atomic E-state index is 0.0105. The van der Waals surface area contributed by atoms with Crippen LogP contribution in [0, 0.1) is 0 Å². The fourth-order valence-electron chi connectivity index (χ4n) is 3.66. The van der Waals surface area contributed by atoms with Crippen molar-refractivity contribution in [2.24, 2.45) is 7.05 Å². The minimum atomic E-state index is -0.228. The minimum Gasteiger partial charge on any atom is -0.466 e. The van der Waals surface area contributed by atoms with Gasteiger partial charge in [0, 0.05) is 25.3 Å². The summed E-state index contributed by atoms with van der Waals surface area (Å²) in [5, 5.41) is 0. The van der Waals surface area contributed by atoms with E-state index in [4.69, 9.17) is 4.74 Å². The van der Waals surface area contributed by atoms with Crippen LogP contribution in [0.2, 0.25) is 0 Å².